The van der Waals surface area contributed by atoms with Crippen LogP contribution >= 0.6 is 0 Å². The molecule has 32 heavy (non-hydrogen) atoms. The summed E-state index contributed by atoms with van der Waals surface area (Å²) in [6.07, 6.45) is -5.52. The molecule has 3 rings (SSSR count). The number of hydrogen-bond acceptors (Lipinski definition) is 3. The number of aryl methyl sites for hydroxylation is 1. The SMILES string of the molecule is CO.O/C=C/c1ccc2c(c1)CCC2NCCc1cc(C(F)(F)F)cc(C(F)(F)F)c1.[Y]. The van der Waals surface area contributed by atoms with Crippen LogP contribution in [-0.4, -0.2) is 23.9 Å². The number of alkyl halides is 6. The molecule has 0 aliphatic heterocycles. The van der Waals surface area contributed by atoms with Crippen LogP contribution in [0.15, 0.2) is 42.7 Å². The van der Waals surface area contributed by atoms with E-state index in [1.807, 2.05) is 18.2 Å². The fraction of sp³-hybridized carbons (Fsp3) is 0.364. The van der Waals surface area contributed by atoms with Crippen LogP contribution in [0.25, 0.3) is 6.08 Å². The minimum Gasteiger partial charge on any atom is -0.516 e. The summed E-state index contributed by atoms with van der Waals surface area (Å²) in [5.41, 5.74) is 0.421. The minimum atomic E-state index is -4.84. The van der Waals surface area contributed by atoms with Crippen LogP contribution < -0.4 is 5.32 Å². The van der Waals surface area contributed by atoms with Crippen LogP contribution in [0, 0.1) is 0 Å². The zero-order valence-electron chi connectivity index (χ0n) is 17.3. The van der Waals surface area contributed by atoms with Gasteiger partial charge in [0.15, 0.2) is 0 Å². The topological polar surface area (TPSA) is 52.5 Å². The van der Waals surface area contributed by atoms with E-state index < -0.39 is 23.5 Å². The first-order valence-electron chi connectivity index (χ1n) is 9.48. The van der Waals surface area contributed by atoms with Crippen molar-refractivity contribution < 1.29 is 69.3 Å². The Hall–Kier alpha value is -1.42. The molecule has 2 aromatic rings. The first-order valence-corrected chi connectivity index (χ1v) is 9.48. The summed E-state index contributed by atoms with van der Waals surface area (Å²) in [5.74, 6) is 0. The molecule has 1 aliphatic rings. The first-order chi connectivity index (χ1) is 14.6. The monoisotopic (exact) mass is 536 g/mol. The molecular formula is C22H23F6NO2Y. The maximum absolute atomic E-state index is 13.0. The number of rotatable bonds is 5. The summed E-state index contributed by atoms with van der Waals surface area (Å²) in [6, 6.07) is 7.38. The van der Waals surface area contributed by atoms with Crippen molar-refractivity contribution in [3.63, 3.8) is 0 Å². The smallest absolute Gasteiger partial charge is 0.416 e. The molecule has 173 valence electrons. The van der Waals surface area contributed by atoms with Crippen LogP contribution in [-0.2, 0) is 57.9 Å². The van der Waals surface area contributed by atoms with Gasteiger partial charge in [0.25, 0.3) is 0 Å². The van der Waals surface area contributed by atoms with Crippen molar-refractivity contribution in [1.82, 2.24) is 5.32 Å². The fourth-order valence-electron chi connectivity index (χ4n) is 3.59. The third kappa shape index (κ3) is 7.57. The zero-order valence-corrected chi connectivity index (χ0v) is 20.1. The summed E-state index contributed by atoms with van der Waals surface area (Å²) < 4.78 is 77.7. The second-order valence-corrected chi connectivity index (χ2v) is 6.98. The van der Waals surface area contributed by atoms with E-state index in [9.17, 15) is 26.3 Å². The van der Waals surface area contributed by atoms with Crippen LogP contribution in [0.3, 0.4) is 0 Å². The van der Waals surface area contributed by atoms with Gasteiger partial charge in [-0.3, -0.25) is 0 Å². The van der Waals surface area contributed by atoms with E-state index in [4.69, 9.17) is 10.2 Å². The standard InChI is InChI=1S/C21H19F6NO.CH4O.Y/c22-20(23,24)16-10-14(11-17(12-16)21(25,26)27)5-7-28-19-4-2-15-9-13(6-8-29)1-3-18(15)19;1-2;/h1,3,6,8-12,19,28-29H,2,4-5,7H2;2H,1H3;/b8-6+;;. The normalized spacial score (nSPS) is 15.7. The predicted octanol–water partition coefficient (Wildman–Crippen LogP) is 5.68. The molecule has 0 bridgehead atoms. The Kier molecular flexibility index (Phi) is 10.9. The number of aliphatic hydroxyl groups is 2. The third-order valence-corrected chi connectivity index (χ3v) is 4.96. The van der Waals surface area contributed by atoms with Gasteiger partial charge in [-0.25, -0.2) is 0 Å². The average Bonchev–Trinajstić information content (AvgIpc) is 3.10. The molecule has 1 radical (unpaired) electrons. The maximum Gasteiger partial charge on any atom is 0.416 e. The van der Waals surface area contributed by atoms with E-state index in [2.05, 4.69) is 5.32 Å². The van der Waals surface area contributed by atoms with Gasteiger partial charge in [0.05, 0.1) is 17.4 Å². The van der Waals surface area contributed by atoms with Gasteiger partial charge in [-0.05, 0) is 72.3 Å². The Balaban J connectivity index is 0.00000166. The predicted molar refractivity (Wildman–Crippen MR) is 105 cm³/mol. The summed E-state index contributed by atoms with van der Waals surface area (Å²) in [7, 11) is 1.00. The average molecular weight is 536 g/mol. The summed E-state index contributed by atoms with van der Waals surface area (Å²) in [6.45, 7) is 0.251. The molecule has 1 aliphatic carbocycles. The van der Waals surface area contributed by atoms with Gasteiger partial charge < -0.3 is 15.5 Å². The van der Waals surface area contributed by atoms with E-state index in [1.165, 1.54) is 0 Å². The van der Waals surface area contributed by atoms with Gasteiger partial charge in [-0.15, -0.1) is 0 Å². The maximum atomic E-state index is 13.0. The number of benzene rings is 2. The Morgan fingerprint density at radius 3 is 2.09 bits per heavy atom. The third-order valence-electron chi connectivity index (χ3n) is 4.96. The van der Waals surface area contributed by atoms with Crippen LogP contribution in [0.1, 0.15) is 45.8 Å². The molecule has 3 nitrogen and oxygen atoms in total. The number of fused-ring (bicyclic) bond motifs is 1. The zero-order chi connectivity index (χ0) is 23.2. The Labute approximate surface area is 207 Å². The molecule has 3 N–H and O–H groups in total. The number of halogens is 6. The van der Waals surface area contributed by atoms with Crippen molar-refractivity contribution in [1.29, 1.82) is 0 Å². The van der Waals surface area contributed by atoms with Gasteiger partial charge in [0, 0.05) is 45.9 Å². The minimum absolute atomic E-state index is 0. The molecule has 1 unspecified atom stereocenters. The van der Waals surface area contributed by atoms with E-state index in [-0.39, 0.29) is 63.3 Å². The van der Waals surface area contributed by atoms with Gasteiger partial charge in [-0.2, -0.15) is 26.3 Å². The van der Waals surface area contributed by atoms with Crippen LogP contribution in [0.5, 0.6) is 0 Å². The van der Waals surface area contributed by atoms with Crippen molar-refractivity contribution >= 4 is 6.08 Å². The molecular weight excluding hydrogens is 513 g/mol. The Morgan fingerprint density at radius 1 is 0.969 bits per heavy atom. The second kappa shape index (κ2) is 12.2. The first kappa shape index (κ1) is 28.6. The largest absolute Gasteiger partial charge is 0.516 e. The summed E-state index contributed by atoms with van der Waals surface area (Å²) in [4.78, 5) is 0. The number of aliphatic hydroxyl groups excluding tert-OH is 2. The van der Waals surface area contributed by atoms with E-state index >= 15 is 0 Å². The van der Waals surface area contributed by atoms with Crippen molar-refractivity contribution in [2.75, 3.05) is 13.7 Å². The summed E-state index contributed by atoms with van der Waals surface area (Å²) >= 11 is 0. The Bertz CT molecular complexity index is 880. The number of nitrogens with one attached hydrogen (secondary N) is 1. The Morgan fingerprint density at radius 2 is 1.56 bits per heavy atom. The van der Waals surface area contributed by atoms with Crippen molar-refractivity contribution in [3.05, 3.63) is 76.0 Å². The van der Waals surface area contributed by atoms with Gasteiger partial charge >= 0.3 is 12.4 Å². The van der Waals surface area contributed by atoms with E-state index in [0.29, 0.717) is 0 Å². The van der Waals surface area contributed by atoms with Gasteiger partial charge in [-0.1, -0.05) is 18.2 Å². The molecule has 0 saturated heterocycles. The van der Waals surface area contributed by atoms with Crippen molar-refractivity contribution in [2.45, 2.75) is 37.7 Å². The van der Waals surface area contributed by atoms with Crippen LogP contribution in [0.4, 0.5) is 26.3 Å². The molecule has 0 aromatic heterocycles. The van der Waals surface area contributed by atoms with E-state index in [0.717, 1.165) is 55.0 Å². The molecule has 2 aromatic carbocycles. The fourth-order valence-corrected chi connectivity index (χ4v) is 3.59. The quantitative estimate of drug-likeness (QED) is 0.341. The van der Waals surface area contributed by atoms with Crippen LogP contribution in [0.2, 0.25) is 0 Å². The number of hydrogen-bond donors (Lipinski definition) is 3. The van der Waals surface area contributed by atoms with Crippen molar-refractivity contribution in [3.8, 4) is 0 Å². The van der Waals surface area contributed by atoms with Gasteiger partial charge in [0.1, 0.15) is 0 Å². The second-order valence-electron chi connectivity index (χ2n) is 6.98. The van der Waals surface area contributed by atoms with E-state index in [1.54, 1.807) is 6.08 Å². The molecule has 10 heteroatoms. The molecule has 1 atom stereocenters. The molecule has 0 amide bonds. The molecule has 0 spiro atoms. The van der Waals surface area contributed by atoms with Gasteiger partial charge in [0.2, 0.25) is 0 Å². The van der Waals surface area contributed by atoms with Crippen molar-refractivity contribution in [2.24, 2.45) is 0 Å². The molecule has 0 heterocycles. The molecule has 0 saturated carbocycles. The molecule has 0 fully saturated rings. The summed E-state index contributed by atoms with van der Waals surface area (Å²) in [5, 5.41) is 19.1.